The Balaban J connectivity index is 2.22. The highest BCUT2D eigenvalue weighted by molar-refractivity contribution is 7.91. The summed E-state index contributed by atoms with van der Waals surface area (Å²) >= 11 is 0. The topological polar surface area (TPSA) is 104 Å². The van der Waals surface area contributed by atoms with Crippen molar-refractivity contribution in [3.05, 3.63) is 0 Å². The summed E-state index contributed by atoms with van der Waals surface area (Å²) in [5.74, 6) is -0.223. The summed E-state index contributed by atoms with van der Waals surface area (Å²) in [7, 11) is -3.03. The Morgan fingerprint density at radius 1 is 1.26 bits per heavy atom. The fraction of sp³-hybridized carbons (Fsp3) is 0.818. The number of hydrogen-bond donors (Lipinski definition) is 3. The third kappa shape index (κ3) is 6.53. The monoisotopic (exact) mass is 291 g/mol. The van der Waals surface area contributed by atoms with Crippen LogP contribution in [0, 0.1) is 0 Å². The molecule has 19 heavy (non-hydrogen) atoms. The normalized spacial score (nSPS) is 21.6. The van der Waals surface area contributed by atoms with Crippen molar-refractivity contribution in [1.29, 1.82) is 0 Å². The van der Waals surface area contributed by atoms with Crippen molar-refractivity contribution in [3.8, 4) is 0 Å². The lowest BCUT2D eigenvalue weighted by atomic mass is 10.2. The molecule has 0 radical (unpaired) electrons. The Bertz CT molecular complexity index is 422. The second-order valence-corrected chi connectivity index (χ2v) is 6.75. The van der Waals surface area contributed by atoms with Crippen LogP contribution in [0.1, 0.15) is 19.8 Å². The molecule has 110 valence electrons. The van der Waals surface area contributed by atoms with E-state index in [9.17, 15) is 18.0 Å². The predicted molar refractivity (Wildman–Crippen MR) is 71.4 cm³/mol. The van der Waals surface area contributed by atoms with Crippen LogP contribution in [0.2, 0.25) is 0 Å². The minimum atomic E-state index is -3.03. The summed E-state index contributed by atoms with van der Waals surface area (Å²) < 4.78 is 22.8. The first-order chi connectivity index (χ1) is 8.93. The van der Waals surface area contributed by atoms with Gasteiger partial charge in [-0.2, -0.15) is 0 Å². The highest BCUT2D eigenvalue weighted by Gasteiger charge is 2.25. The van der Waals surface area contributed by atoms with Crippen LogP contribution in [0.25, 0.3) is 0 Å². The van der Waals surface area contributed by atoms with Gasteiger partial charge in [0, 0.05) is 38.5 Å². The van der Waals surface area contributed by atoms with Gasteiger partial charge in [0.15, 0.2) is 9.84 Å². The molecule has 1 aliphatic rings. The van der Waals surface area contributed by atoms with Gasteiger partial charge in [0.05, 0.1) is 11.5 Å². The van der Waals surface area contributed by atoms with Crippen LogP contribution < -0.4 is 16.0 Å². The van der Waals surface area contributed by atoms with E-state index in [0.29, 0.717) is 13.1 Å². The Labute approximate surface area is 113 Å². The molecule has 1 unspecified atom stereocenters. The molecule has 1 atom stereocenters. The van der Waals surface area contributed by atoms with E-state index in [4.69, 9.17) is 0 Å². The second kappa shape index (κ2) is 7.44. The Morgan fingerprint density at radius 3 is 2.63 bits per heavy atom. The van der Waals surface area contributed by atoms with Crippen molar-refractivity contribution >= 4 is 21.7 Å². The average molecular weight is 291 g/mol. The molecule has 0 aromatic heterocycles. The van der Waals surface area contributed by atoms with Gasteiger partial charge in [-0.3, -0.25) is 9.59 Å². The van der Waals surface area contributed by atoms with Crippen molar-refractivity contribution < 1.29 is 18.0 Å². The lowest BCUT2D eigenvalue weighted by Gasteiger charge is -2.23. The van der Waals surface area contributed by atoms with Crippen LogP contribution in [0.5, 0.6) is 0 Å². The smallest absolute Gasteiger partial charge is 0.221 e. The van der Waals surface area contributed by atoms with E-state index in [0.717, 1.165) is 0 Å². The van der Waals surface area contributed by atoms with Crippen LogP contribution >= 0.6 is 0 Å². The highest BCUT2D eigenvalue weighted by atomic mass is 32.2. The molecular formula is C11H21N3O4S. The van der Waals surface area contributed by atoms with E-state index >= 15 is 0 Å². The van der Waals surface area contributed by atoms with Gasteiger partial charge in [0.2, 0.25) is 11.8 Å². The summed E-state index contributed by atoms with van der Waals surface area (Å²) in [5, 5.41) is 8.25. The number of amides is 2. The molecule has 3 N–H and O–H groups in total. The molecule has 1 rings (SSSR count). The number of rotatable bonds is 6. The maximum absolute atomic E-state index is 11.6. The van der Waals surface area contributed by atoms with Crippen molar-refractivity contribution in [1.82, 2.24) is 16.0 Å². The van der Waals surface area contributed by atoms with E-state index in [-0.39, 0.29) is 48.7 Å². The molecule has 2 amide bonds. The molecule has 1 heterocycles. The number of sulfone groups is 1. The minimum Gasteiger partial charge on any atom is -0.356 e. The van der Waals surface area contributed by atoms with E-state index < -0.39 is 9.84 Å². The standard InChI is InChI=1S/C11H21N3O4S/c1-2-12-10(15)3-4-14-11(16)7-9-8-19(17,18)6-5-13-9/h9,13H,2-8H2,1H3,(H,12,15)(H,14,16). The summed E-state index contributed by atoms with van der Waals surface area (Å²) in [5.41, 5.74) is 0. The van der Waals surface area contributed by atoms with Crippen molar-refractivity contribution in [3.63, 3.8) is 0 Å². The van der Waals surface area contributed by atoms with Gasteiger partial charge in [-0.1, -0.05) is 0 Å². The maximum Gasteiger partial charge on any atom is 0.221 e. The van der Waals surface area contributed by atoms with Gasteiger partial charge in [-0.25, -0.2) is 8.42 Å². The summed E-state index contributed by atoms with van der Waals surface area (Å²) in [6, 6.07) is -0.330. The number of nitrogens with one attached hydrogen (secondary N) is 3. The zero-order valence-corrected chi connectivity index (χ0v) is 11.9. The summed E-state index contributed by atoms with van der Waals surface area (Å²) in [4.78, 5) is 22.7. The Morgan fingerprint density at radius 2 is 2.00 bits per heavy atom. The molecular weight excluding hydrogens is 270 g/mol. The molecule has 0 aliphatic carbocycles. The average Bonchev–Trinajstić information content (AvgIpc) is 2.27. The molecule has 1 aliphatic heterocycles. The summed E-state index contributed by atoms with van der Waals surface area (Å²) in [6.07, 6.45) is 0.352. The molecule has 0 aromatic rings. The molecule has 8 heteroatoms. The van der Waals surface area contributed by atoms with Gasteiger partial charge in [-0.05, 0) is 6.92 Å². The lowest BCUT2D eigenvalue weighted by molar-refractivity contribution is -0.122. The third-order valence-electron chi connectivity index (χ3n) is 2.78. The van der Waals surface area contributed by atoms with Crippen LogP contribution in [0.15, 0.2) is 0 Å². The number of carbonyl (C=O) groups is 2. The Hall–Kier alpha value is -1.15. The molecule has 1 fully saturated rings. The SMILES string of the molecule is CCNC(=O)CCNC(=O)CC1CS(=O)(=O)CCN1. The number of hydrogen-bond acceptors (Lipinski definition) is 5. The number of carbonyl (C=O) groups excluding carboxylic acids is 2. The van der Waals surface area contributed by atoms with Gasteiger partial charge in [-0.15, -0.1) is 0 Å². The second-order valence-electron chi connectivity index (χ2n) is 4.52. The maximum atomic E-state index is 11.6. The van der Waals surface area contributed by atoms with Gasteiger partial charge >= 0.3 is 0 Å². The predicted octanol–water partition coefficient (Wildman–Crippen LogP) is -1.59. The molecule has 0 spiro atoms. The van der Waals surface area contributed by atoms with E-state index in [1.165, 1.54) is 0 Å². The largest absolute Gasteiger partial charge is 0.356 e. The molecule has 0 saturated carbocycles. The van der Waals surface area contributed by atoms with Crippen molar-refractivity contribution in [2.24, 2.45) is 0 Å². The van der Waals surface area contributed by atoms with Crippen LogP contribution in [-0.2, 0) is 19.4 Å². The van der Waals surface area contributed by atoms with Gasteiger partial charge < -0.3 is 16.0 Å². The van der Waals surface area contributed by atoms with Crippen LogP contribution in [0.4, 0.5) is 0 Å². The summed E-state index contributed by atoms with van der Waals surface area (Å²) in [6.45, 7) is 3.05. The lowest BCUT2D eigenvalue weighted by Crippen LogP contribution is -2.47. The zero-order chi connectivity index (χ0) is 14.3. The molecule has 0 aromatic carbocycles. The van der Waals surface area contributed by atoms with Gasteiger partial charge in [0.25, 0.3) is 0 Å². The Kier molecular flexibility index (Phi) is 6.23. The highest BCUT2D eigenvalue weighted by Crippen LogP contribution is 2.04. The van der Waals surface area contributed by atoms with Crippen molar-refractivity contribution in [2.75, 3.05) is 31.1 Å². The molecule has 0 bridgehead atoms. The van der Waals surface area contributed by atoms with Crippen LogP contribution in [0.3, 0.4) is 0 Å². The first kappa shape index (κ1) is 15.9. The van der Waals surface area contributed by atoms with Gasteiger partial charge in [0.1, 0.15) is 0 Å². The fourth-order valence-electron chi connectivity index (χ4n) is 1.90. The fourth-order valence-corrected chi connectivity index (χ4v) is 3.34. The zero-order valence-electron chi connectivity index (χ0n) is 11.1. The first-order valence-electron chi connectivity index (χ1n) is 6.40. The van der Waals surface area contributed by atoms with E-state index in [2.05, 4.69) is 16.0 Å². The minimum absolute atomic E-state index is 0.00323. The van der Waals surface area contributed by atoms with E-state index in [1.807, 2.05) is 6.92 Å². The molecule has 1 saturated heterocycles. The van der Waals surface area contributed by atoms with E-state index in [1.54, 1.807) is 0 Å². The van der Waals surface area contributed by atoms with Crippen molar-refractivity contribution in [2.45, 2.75) is 25.8 Å². The molecule has 7 nitrogen and oxygen atoms in total. The quantitative estimate of drug-likeness (QED) is 0.547. The first-order valence-corrected chi connectivity index (χ1v) is 8.22. The van der Waals surface area contributed by atoms with Crippen LogP contribution in [-0.4, -0.2) is 57.4 Å². The third-order valence-corrected chi connectivity index (χ3v) is 4.52.